The summed E-state index contributed by atoms with van der Waals surface area (Å²) in [4.78, 5) is 2.21. The highest BCUT2D eigenvalue weighted by molar-refractivity contribution is 7.87. The number of likely N-dealkylation sites (N-methyl/N-ethyl adjacent to an activating group) is 1. The molecule has 0 spiro atoms. The molecule has 1 fully saturated rings. The highest BCUT2D eigenvalue weighted by Crippen LogP contribution is 2.13. The molecule has 0 radical (unpaired) electrons. The Morgan fingerprint density at radius 2 is 2.17 bits per heavy atom. The van der Waals surface area contributed by atoms with Gasteiger partial charge in [-0.25, -0.2) is 4.72 Å². The molecule has 0 saturated carbocycles. The Morgan fingerprint density at radius 3 is 2.72 bits per heavy atom. The molecule has 2 N–H and O–H groups in total. The second-order valence-electron chi connectivity index (χ2n) is 4.91. The summed E-state index contributed by atoms with van der Waals surface area (Å²) in [5.74, 6) is 0. The van der Waals surface area contributed by atoms with E-state index in [1.54, 1.807) is 7.05 Å². The summed E-state index contributed by atoms with van der Waals surface area (Å²) < 4.78 is 28.0. The Bertz CT molecular complexity index is 334. The Kier molecular flexibility index (Phi) is 6.51. The molecule has 0 aromatic heterocycles. The smallest absolute Gasteiger partial charge is 0.279 e. The molecule has 0 aromatic carbocycles. The molecule has 18 heavy (non-hydrogen) atoms. The van der Waals surface area contributed by atoms with E-state index in [0.29, 0.717) is 19.1 Å². The van der Waals surface area contributed by atoms with Crippen LogP contribution in [-0.4, -0.2) is 71.0 Å². The highest BCUT2D eigenvalue weighted by Gasteiger charge is 2.24. The minimum atomic E-state index is -3.32. The number of hydrogen-bond donors (Lipinski definition) is 2. The molecule has 1 unspecified atom stereocenters. The topological polar surface area (TPSA) is 64.7 Å². The fourth-order valence-electron chi connectivity index (χ4n) is 2.15. The molecule has 0 aromatic rings. The maximum atomic E-state index is 12.0. The minimum absolute atomic E-state index is 0.338. The van der Waals surface area contributed by atoms with Crippen molar-refractivity contribution in [3.05, 3.63) is 0 Å². The lowest BCUT2D eigenvalue weighted by Crippen LogP contribution is -2.44. The summed E-state index contributed by atoms with van der Waals surface area (Å²) in [6.07, 6.45) is 3.04. The predicted molar refractivity (Wildman–Crippen MR) is 73.7 cm³/mol. The summed E-state index contributed by atoms with van der Waals surface area (Å²) in [5.41, 5.74) is 0. The average molecular weight is 278 g/mol. The highest BCUT2D eigenvalue weighted by atomic mass is 32.2. The first kappa shape index (κ1) is 15.8. The van der Waals surface area contributed by atoms with Crippen LogP contribution < -0.4 is 10.0 Å². The Morgan fingerprint density at radius 1 is 1.44 bits per heavy atom. The number of likely N-dealkylation sites (tertiary alicyclic amines) is 1. The van der Waals surface area contributed by atoms with Crippen LogP contribution in [0.5, 0.6) is 0 Å². The van der Waals surface area contributed by atoms with E-state index in [4.69, 9.17) is 0 Å². The van der Waals surface area contributed by atoms with Crippen molar-refractivity contribution in [2.45, 2.75) is 25.3 Å². The van der Waals surface area contributed by atoms with Crippen molar-refractivity contribution in [3.63, 3.8) is 0 Å². The Labute approximate surface area is 111 Å². The van der Waals surface area contributed by atoms with Crippen LogP contribution in [0.1, 0.15) is 19.3 Å². The second kappa shape index (κ2) is 7.40. The molecular weight excluding hydrogens is 252 g/mol. The van der Waals surface area contributed by atoms with Crippen molar-refractivity contribution >= 4 is 10.2 Å². The number of nitrogens with one attached hydrogen (secondary N) is 2. The lowest BCUT2D eigenvalue weighted by atomic mass is 10.2. The molecule has 1 saturated heterocycles. The quantitative estimate of drug-likeness (QED) is 0.585. The predicted octanol–water partition coefficient (Wildman–Crippen LogP) is -0.544. The van der Waals surface area contributed by atoms with Gasteiger partial charge in [-0.15, -0.1) is 0 Å². The number of nitrogens with zero attached hydrogens (tertiary/aromatic N) is 2. The molecule has 6 nitrogen and oxygen atoms in total. The van der Waals surface area contributed by atoms with Crippen molar-refractivity contribution in [1.29, 1.82) is 0 Å². The van der Waals surface area contributed by atoms with Crippen LogP contribution in [0.3, 0.4) is 0 Å². The third-order valence-electron chi connectivity index (χ3n) is 3.48. The Balaban J connectivity index is 2.34. The molecule has 1 aliphatic rings. The first-order valence-corrected chi connectivity index (χ1v) is 7.97. The number of rotatable bonds is 8. The van der Waals surface area contributed by atoms with Gasteiger partial charge in [0.25, 0.3) is 10.2 Å². The standard InChI is InChI=1S/C11H26N4O2S/c1-12-7-5-9-15(3)18(16,17)13-10-11-6-4-8-14(11)2/h11-13H,4-10H2,1-3H3. The van der Waals surface area contributed by atoms with E-state index in [-0.39, 0.29) is 0 Å². The van der Waals surface area contributed by atoms with Crippen molar-refractivity contribution in [3.8, 4) is 0 Å². The van der Waals surface area contributed by atoms with Gasteiger partial charge >= 0.3 is 0 Å². The van der Waals surface area contributed by atoms with Crippen LogP contribution in [0.25, 0.3) is 0 Å². The van der Waals surface area contributed by atoms with Gasteiger partial charge in [0.15, 0.2) is 0 Å². The van der Waals surface area contributed by atoms with Gasteiger partial charge < -0.3 is 10.2 Å². The third kappa shape index (κ3) is 4.81. The van der Waals surface area contributed by atoms with Crippen LogP contribution in [0.15, 0.2) is 0 Å². The van der Waals surface area contributed by atoms with E-state index in [2.05, 4.69) is 14.9 Å². The van der Waals surface area contributed by atoms with E-state index in [9.17, 15) is 8.42 Å². The zero-order chi connectivity index (χ0) is 13.6. The Hall–Kier alpha value is -0.210. The monoisotopic (exact) mass is 278 g/mol. The lowest BCUT2D eigenvalue weighted by Gasteiger charge is -2.22. The summed E-state index contributed by atoms with van der Waals surface area (Å²) in [5, 5.41) is 3.01. The molecule has 1 rings (SSSR count). The number of hydrogen-bond acceptors (Lipinski definition) is 4. The summed E-state index contributed by atoms with van der Waals surface area (Å²) in [7, 11) is 2.21. The third-order valence-corrected chi connectivity index (χ3v) is 5.02. The minimum Gasteiger partial charge on any atom is -0.320 e. The SMILES string of the molecule is CNCCCN(C)S(=O)(=O)NCC1CCCN1C. The van der Waals surface area contributed by atoms with E-state index in [1.807, 2.05) is 14.1 Å². The normalized spacial score (nSPS) is 21.9. The first-order valence-electron chi connectivity index (χ1n) is 6.53. The van der Waals surface area contributed by atoms with Gasteiger partial charge in [0.1, 0.15) is 0 Å². The van der Waals surface area contributed by atoms with Crippen molar-refractivity contribution in [1.82, 2.24) is 19.2 Å². The van der Waals surface area contributed by atoms with Crippen LogP contribution >= 0.6 is 0 Å². The van der Waals surface area contributed by atoms with Gasteiger partial charge in [0.2, 0.25) is 0 Å². The van der Waals surface area contributed by atoms with Gasteiger partial charge in [0, 0.05) is 26.2 Å². The van der Waals surface area contributed by atoms with Crippen LogP contribution in [0.4, 0.5) is 0 Å². The molecule has 7 heteroatoms. The second-order valence-corrected chi connectivity index (χ2v) is 6.77. The summed E-state index contributed by atoms with van der Waals surface area (Å²) in [6.45, 7) is 2.93. The first-order chi connectivity index (χ1) is 8.47. The van der Waals surface area contributed by atoms with Gasteiger partial charge in [-0.2, -0.15) is 12.7 Å². The fraction of sp³-hybridized carbons (Fsp3) is 1.00. The maximum Gasteiger partial charge on any atom is 0.279 e. The molecule has 0 amide bonds. The van der Waals surface area contributed by atoms with E-state index in [1.165, 1.54) is 4.31 Å². The van der Waals surface area contributed by atoms with Crippen molar-refractivity contribution < 1.29 is 8.42 Å². The molecule has 0 aliphatic carbocycles. The molecule has 108 valence electrons. The van der Waals surface area contributed by atoms with Crippen molar-refractivity contribution in [2.75, 3.05) is 47.3 Å². The molecule has 1 atom stereocenters. The zero-order valence-electron chi connectivity index (χ0n) is 11.6. The van der Waals surface area contributed by atoms with Crippen LogP contribution in [0, 0.1) is 0 Å². The van der Waals surface area contributed by atoms with Gasteiger partial charge in [-0.3, -0.25) is 0 Å². The van der Waals surface area contributed by atoms with Crippen molar-refractivity contribution in [2.24, 2.45) is 0 Å². The summed E-state index contributed by atoms with van der Waals surface area (Å²) >= 11 is 0. The van der Waals surface area contributed by atoms with E-state index >= 15 is 0 Å². The van der Waals surface area contributed by atoms with E-state index in [0.717, 1.165) is 32.4 Å². The maximum absolute atomic E-state index is 12.0. The average Bonchev–Trinajstić information content (AvgIpc) is 2.72. The van der Waals surface area contributed by atoms with Gasteiger partial charge in [-0.05, 0) is 46.4 Å². The van der Waals surface area contributed by atoms with Gasteiger partial charge in [0.05, 0.1) is 0 Å². The van der Waals surface area contributed by atoms with Crippen LogP contribution in [0.2, 0.25) is 0 Å². The fourth-order valence-corrected chi connectivity index (χ4v) is 3.14. The lowest BCUT2D eigenvalue weighted by molar-refractivity contribution is 0.308. The summed E-state index contributed by atoms with van der Waals surface area (Å²) in [6, 6.07) is 0.338. The zero-order valence-corrected chi connectivity index (χ0v) is 12.5. The molecule has 1 aliphatic heterocycles. The van der Waals surface area contributed by atoms with Gasteiger partial charge in [-0.1, -0.05) is 0 Å². The van der Waals surface area contributed by atoms with Crippen LogP contribution in [-0.2, 0) is 10.2 Å². The van der Waals surface area contributed by atoms with E-state index < -0.39 is 10.2 Å². The molecule has 1 heterocycles. The molecule has 0 bridgehead atoms. The largest absolute Gasteiger partial charge is 0.320 e. The molecular formula is C11H26N4O2S.